The summed E-state index contributed by atoms with van der Waals surface area (Å²) in [4.78, 5) is 63.6. The molecule has 0 bridgehead atoms. The number of nitrogens with zero attached hydrogens (tertiary/aromatic N) is 1. The zero-order valence-electron chi connectivity index (χ0n) is 17.1. The lowest BCUT2D eigenvalue weighted by Crippen LogP contribution is -2.45. The normalized spacial score (nSPS) is 13.6. The van der Waals surface area contributed by atoms with E-state index in [1.807, 2.05) is 0 Å². The molecule has 1 aromatic carbocycles. The van der Waals surface area contributed by atoms with Crippen molar-refractivity contribution in [2.45, 2.75) is 26.8 Å². The monoisotopic (exact) mass is 444 g/mol. The van der Waals surface area contributed by atoms with E-state index in [-0.39, 0.29) is 40.5 Å². The Kier molecular flexibility index (Phi) is 6.50. The molecule has 1 aliphatic heterocycles. The van der Waals surface area contributed by atoms with Crippen molar-refractivity contribution in [1.82, 2.24) is 4.90 Å². The third kappa shape index (κ3) is 4.06. The standard InChI is InChI=1S/C21H20N2O7S/c1-4-29-20(27)14-10-31-17(15(14)21(28)30-5-2)22-16(24)11(3)23-18(25)12-8-6-7-9-13(12)19(23)26/h6-11H,4-5H2,1-3H3,(H,22,24). The number of esters is 2. The van der Waals surface area contributed by atoms with Crippen LogP contribution in [-0.4, -0.2) is 53.8 Å². The number of hydrogen-bond donors (Lipinski definition) is 1. The molecule has 0 aliphatic carbocycles. The van der Waals surface area contributed by atoms with Crippen molar-refractivity contribution in [3.05, 3.63) is 51.9 Å². The van der Waals surface area contributed by atoms with Crippen molar-refractivity contribution in [2.75, 3.05) is 18.5 Å². The molecule has 10 heteroatoms. The maximum absolute atomic E-state index is 12.9. The molecule has 2 aromatic rings. The van der Waals surface area contributed by atoms with Gasteiger partial charge in [-0.2, -0.15) is 0 Å². The minimum absolute atomic E-state index is 0.0333. The second-order valence-electron chi connectivity index (χ2n) is 6.49. The van der Waals surface area contributed by atoms with Gasteiger partial charge in [0.1, 0.15) is 16.6 Å². The molecule has 0 radical (unpaired) electrons. The van der Waals surface area contributed by atoms with Gasteiger partial charge in [-0.1, -0.05) is 12.1 Å². The summed E-state index contributed by atoms with van der Waals surface area (Å²) in [5, 5.41) is 3.98. The van der Waals surface area contributed by atoms with E-state index in [1.54, 1.807) is 26.0 Å². The predicted molar refractivity (Wildman–Crippen MR) is 111 cm³/mol. The number of thiophene rings is 1. The molecule has 3 rings (SSSR count). The summed E-state index contributed by atoms with van der Waals surface area (Å²) < 4.78 is 9.96. The van der Waals surface area contributed by atoms with E-state index in [9.17, 15) is 24.0 Å². The van der Waals surface area contributed by atoms with Crippen LogP contribution in [0.5, 0.6) is 0 Å². The number of nitrogens with one attached hydrogen (secondary N) is 1. The Morgan fingerprint density at radius 1 is 1.00 bits per heavy atom. The van der Waals surface area contributed by atoms with E-state index < -0.39 is 35.7 Å². The highest BCUT2D eigenvalue weighted by atomic mass is 32.1. The second kappa shape index (κ2) is 9.09. The first-order valence-corrected chi connectivity index (χ1v) is 10.4. The molecule has 0 fully saturated rings. The van der Waals surface area contributed by atoms with Crippen molar-refractivity contribution < 1.29 is 33.4 Å². The van der Waals surface area contributed by atoms with Crippen LogP contribution in [0.2, 0.25) is 0 Å². The van der Waals surface area contributed by atoms with Gasteiger partial charge in [0.2, 0.25) is 5.91 Å². The summed E-state index contributed by atoms with van der Waals surface area (Å²) in [6, 6.07) is 5.14. The van der Waals surface area contributed by atoms with Crippen LogP contribution in [0.4, 0.5) is 5.00 Å². The molecule has 1 atom stereocenters. The van der Waals surface area contributed by atoms with Gasteiger partial charge in [-0.05, 0) is 32.9 Å². The zero-order valence-corrected chi connectivity index (χ0v) is 17.9. The minimum Gasteiger partial charge on any atom is -0.462 e. The van der Waals surface area contributed by atoms with Crippen molar-refractivity contribution in [2.24, 2.45) is 0 Å². The van der Waals surface area contributed by atoms with Crippen molar-refractivity contribution in [3.8, 4) is 0 Å². The van der Waals surface area contributed by atoms with Gasteiger partial charge < -0.3 is 14.8 Å². The Morgan fingerprint density at radius 2 is 1.55 bits per heavy atom. The van der Waals surface area contributed by atoms with Gasteiger partial charge in [0.05, 0.1) is 29.9 Å². The number of fused-ring (bicyclic) bond motifs is 1. The lowest BCUT2D eigenvalue weighted by atomic mass is 10.1. The molecule has 0 saturated carbocycles. The molecule has 1 unspecified atom stereocenters. The first-order valence-electron chi connectivity index (χ1n) is 9.55. The number of ether oxygens (including phenoxy) is 2. The maximum atomic E-state index is 12.9. The largest absolute Gasteiger partial charge is 0.462 e. The molecular weight excluding hydrogens is 424 g/mol. The molecule has 0 saturated heterocycles. The van der Waals surface area contributed by atoms with Gasteiger partial charge >= 0.3 is 11.9 Å². The molecule has 1 aliphatic rings. The Labute approximate surface area is 181 Å². The van der Waals surface area contributed by atoms with E-state index in [4.69, 9.17) is 9.47 Å². The van der Waals surface area contributed by atoms with Crippen molar-refractivity contribution in [3.63, 3.8) is 0 Å². The van der Waals surface area contributed by atoms with E-state index in [0.29, 0.717) is 0 Å². The van der Waals surface area contributed by atoms with E-state index in [2.05, 4.69) is 5.32 Å². The van der Waals surface area contributed by atoms with Crippen LogP contribution in [0, 0.1) is 0 Å². The van der Waals surface area contributed by atoms with E-state index in [0.717, 1.165) is 16.2 Å². The van der Waals surface area contributed by atoms with Crippen molar-refractivity contribution >= 4 is 46.0 Å². The smallest absolute Gasteiger partial charge is 0.342 e. The average molecular weight is 444 g/mol. The van der Waals surface area contributed by atoms with Gasteiger partial charge in [0.25, 0.3) is 11.8 Å². The fourth-order valence-corrected chi connectivity index (χ4v) is 4.03. The first-order chi connectivity index (χ1) is 14.8. The summed E-state index contributed by atoms with van der Waals surface area (Å²) in [5.41, 5.74) is 0.280. The van der Waals surface area contributed by atoms with E-state index >= 15 is 0 Å². The van der Waals surface area contributed by atoms with Crippen LogP contribution < -0.4 is 5.32 Å². The fraction of sp³-hybridized carbons (Fsp3) is 0.286. The summed E-state index contributed by atoms with van der Waals surface area (Å²) in [6.45, 7) is 4.81. The fourth-order valence-electron chi connectivity index (χ4n) is 3.11. The number of carbonyl (C=O) groups is 5. The summed E-state index contributed by atoms with van der Waals surface area (Å²) in [6.07, 6.45) is 0. The number of carbonyl (C=O) groups excluding carboxylic acids is 5. The van der Waals surface area contributed by atoms with Crippen LogP contribution in [0.3, 0.4) is 0 Å². The number of anilines is 1. The molecule has 162 valence electrons. The Hall–Kier alpha value is -3.53. The number of hydrogen-bond acceptors (Lipinski definition) is 8. The Bertz CT molecular complexity index is 1040. The highest BCUT2D eigenvalue weighted by Crippen LogP contribution is 2.31. The average Bonchev–Trinajstić information content (AvgIpc) is 3.27. The van der Waals surface area contributed by atoms with Gasteiger partial charge in [-0.25, -0.2) is 9.59 Å². The van der Waals surface area contributed by atoms with Gasteiger partial charge in [-0.3, -0.25) is 19.3 Å². The second-order valence-corrected chi connectivity index (χ2v) is 7.37. The van der Waals surface area contributed by atoms with Crippen LogP contribution in [0.1, 0.15) is 62.2 Å². The molecule has 1 N–H and O–H groups in total. The van der Waals surface area contributed by atoms with Crippen LogP contribution in [0.25, 0.3) is 0 Å². The number of amides is 3. The lowest BCUT2D eigenvalue weighted by molar-refractivity contribution is -0.119. The Balaban J connectivity index is 1.86. The van der Waals surface area contributed by atoms with Crippen LogP contribution >= 0.6 is 11.3 Å². The summed E-state index contributed by atoms with van der Waals surface area (Å²) >= 11 is 0.940. The molecule has 9 nitrogen and oxygen atoms in total. The SMILES string of the molecule is CCOC(=O)c1csc(NC(=O)C(C)N2C(=O)c3ccccc3C2=O)c1C(=O)OCC. The lowest BCUT2D eigenvalue weighted by Gasteiger charge is -2.21. The van der Waals surface area contributed by atoms with Crippen molar-refractivity contribution in [1.29, 1.82) is 0 Å². The summed E-state index contributed by atoms with van der Waals surface area (Å²) in [7, 11) is 0. The number of imide groups is 1. The molecule has 0 spiro atoms. The molecule has 2 heterocycles. The highest BCUT2D eigenvalue weighted by molar-refractivity contribution is 7.15. The first kappa shape index (κ1) is 22.2. The Morgan fingerprint density at radius 3 is 2.10 bits per heavy atom. The zero-order chi connectivity index (χ0) is 22.7. The minimum atomic E-state index is -1.16. The number of rotatable bonds is 7. The van der Waals surface area contributed by atoms with Gasteiger partial charge in [0, 0.05) is 5.38 Å². The number of benzene rings is 1. The molecule has 1 aromatic heterocycles. The van der Waals surface area contributed by atoms with Gasteiger partial charge in [0.15, 0.2) is 0 Å². The van der Waals surface area contributed by atoms with Crippen LogP contribution in [-0.2, 0) is 14.3 Å². The van der Waals surface area contributed by atoms with E-state index in [1.165, 1.54) is 24.4 Å². The summed E-state index contributed by atoms with van der Waals surface area (Å²) in [5.74, 6) is -3.37. The maximum Gasteiger partial charge on any atom is 0.342 e. The molecule has 3 amide bonds. The van der Waals surface area contributed by atoms with Gasteiger partial charge in [-0.15, -0.1) is 11.3 Å². The quantitative estimate of drug-likeness (QED) is 0.515. The molecule has 31 heavy (non-hydrogen) atoms. The third-order valence-corrected chi connectivity index (χ3v) is 5.49. The van der Waals surface area contributed by atoms with Crippen LogP contribution in [0.15, 0.2) is 29.6 Å². The topological polar surface area (TPSA) is 119 Å². The predicted octanol–water partition coefficient (Wildman–Crippen LogP) is 2.72. The highest BCUT2D eigenvalue weighted by Gasteiger charge is 2.41. The molecular formula is C21H20N2O7S. The third-order valence-electron chi connectivity index (χ3n) is 4.59.